The molecule has 0 bridgehead atoms. The number of hydrogen-bond donors (Lipinski definition) is 0. The third-order valence-electron chi connectivity index (χ3n) is 1.68. The number of aliphatic imine (C=N–C) groups is 1. The standard InChI is InChI=1S/C9H16NO/c1-3-4-5-9(2)6-7-10-8-11/h6,9H,3-5,7H2,1-2H3. The molecule has 2 nitrogen and oxygen atoms in total. The molecule has 0 saturated heterocycles. The largest absolute Gasteiger partial charge is 0.234 e. The van der Waals surface area contributed by atoms with Gasteiger partial charge in [0.2, 0.25) is 6.08 Å². The zero-order valence-corrected chi connectivity index (χ0v) is 7.34. The van der Waals surface area contributed by atoms with Crippen LogP contribution in [0.1, 0.15) is 33.1 Å². The second-order valence-corrected chi connectivity index (χ2v) is 2.79. The summed E-state index contributed by atoms with van der Waals surface area (Å²) in [4.78, 5) is 13.1. The van der Waals surface area contributed by atoms with Crippen LogP contribution >= 0.6 is 0 Å². The molecule has 0 N–H and O–H groups in total. The molecule has 0 aromatic rings. The van der Waals surface area contributed by atoms with Crippen molar-refractivity contribution < 1.29 is 4.79 Å². The van der Waals surface area contributed by atoms with Gasteiger partial charge >= 0.3 is 0 Å². The molecule has 0 aromatic carbocycles. The lowest BCUT2D eigenvalue weighted by Gasteiger charge is -2.06. The van der Waals surface area contributed by atoms with Crippen molar-refractivity contribution in [3.05, 3.63) is 6.42 Å². The first-order chi connectivity index (χ1) is 5.31. The van der Waals surface area contributed by atoms with E-state index >= 15 is 0 Å². The monoisotopic (exact) mass is 154 g/mol. The Morgan fingerprint density at radius 3 is 2.91 bits per heavy atom. The highest BCUT2D eigenvalue weighted by Crippen LogP contribution is 2.10. The number of hydrogen-bond acceptors (Lipinski definition) is 2. The first-order valence-electron chi connectivity index (χ1n) is 4.18. The van der Waals surface area contributed by atoms with Gasteiger partial charge in [0.25, 0.3) is 0 Å². The van der Waals surface area contributed by atoms with E-state index in [9.17, 15) is 4.79 Å². The fourth-order valence-electron chi connectivity index (χ4n) is 0.914. The first kappa shape index (κ1) is 10.4. The lowest BCUT2D eigenvalue weighted by Crippen LogP contribution is -1.97. The Bertz CT molecular complexity index is 128. The zero-order chi connectivity index (χ0) is 8.53. The molecule has 1 unspecified atom stereocenters. The number of carbonyl (C=O) groups excluding carboxylic acids is 1. The first-order valence-corrected chi connectivity index (χ1v) is 4.18. The van der Waals surface area contributed by atoms with E-state index in [0.717, 1.165) is 0 Å². The van der Waals surface area contributed by atoms with Crippen molar-refractivity contribution in [2.24, 2.45) is 10.9 Å². The Hall–Kier alpha value is -0.620. The van der Waals surface area contributed by atoms with E-state index in [1.165, 1.54) is 25.3 Å². The molecule has 0 aliphatic carbocycles. The van der Waals surface area contributed by atoms with Crippen LogP contribution in [0.15, 0.2) is 4.99 Å². The summed E-state index contributed by atoms with van der Waals surface area (Å²) in [6.45, 7) is 4.85. The molecular formula is C9H16NO. The predicted molar refractivity (Wildman–Crippen MR) is 46.0 cm³/mol. The molecule has 63 valence electrons. The summed E-state index contributed by atoms with van der Waals surface area (Å²) < 4.78 is 0. The molecule has 0 fully saturated rings. The summed E-state index contributed by atoms with van der Waals surface area (Å²) in [6.07, 6.45) is 7.26. The molecule has 1 atom stereocenters. The molecule has 0 heterocycles. The van der Waals surface area contributed by atoms with E-state index in [-0.39, 0.29) is 0 Å². The Morgan fingerprint density at radius 1 is 1.64 bits per heavy atom. The van der Waals surface area contributed by atoms with Gasteiger partial charge in [-0.3, -0.25) is 0 Å². The number of unbranched alkanes of at least 4 members (excludes halogenated alkanes) is 1. The van der Waals surface area contributed by atoms with Gasteiger partial charge in [-0.25, -0.2) is 9.79 Å². The minimum Gasteiger partial charge on any atom is -0.211 e. The van der Waals surface area contributed by atoms with Crippen LogP contribution < -0.4 is 0 Å². The van der Waals surface area contributed by atoms with Crippen LogP contribution in [0.4, 0.5) is 0 Å². The lowest BCUT2D eigenvalue weighted by molar-refractivity contribution is 0.551. The van der Waals surface area contributed by atoms with E-state index < -0.39 is 0 Å². The van der Waals surface area contributed by atoms with E-state index in [0.29, 0.717) is 12.5 Å². The fraction of sp³-hybridized carbons (Fsp3) is 0.778. The molecule has 1 radical (unpaired) electrons. The number of nitrogens with zero attached hydrogens (tertiary/aromatic N) is 1. The van der Waals surface area contributed by atoms with Crippen LogP contribution in [0.3, 0.4) is 0 Å². The maximum absolute atomic E-state index is 9.69. The molecule has 0 amide bonds. The molecule has 2 heteroatoms. The lowest BCUT2D eigenvalue weighted by atomic mass is 10.0. The second-order valence-electron chi connectivity index (χ2n) is 2.79. The summed E-state index contributed by atoms with van der Waals surface area (Å²) >= 11 is 0. The van der Waals surface area contributed by atoms with Crippen LogP contribution in [-0.4, -0.2) is 12.6 Å². The van der Waals surface area contributed by atoms with Gasteiger partial charge < -0.3 is 0 Å². The normalized spacial score (nSPS) is 12.2. The number of isocyanates is 1. The predicted octanol–water partition coefficient (Wildman–Crippen LogP) is 2.35. The molecule has 0 rings (SSSR count). The van der Waals surface area contributed by atoms with Gasteiger partial charge in [-0.05, 0) is 12.3 Å². The molecule has 11 heavy (non-hydrogen) atoms. The van der Waals surface area contributed by atoms with Crippen LogP contribution in [0.5, 0.6) is 0 Å². The van der Waals surface area contributed by atoms with Crippen LogP contribution in [0.2, 0.25) is 0 Å². The van der Waals surface area contributed by atoms with Crippen molar-refractivity contribution in [2.45, 2.75) is 33.1 Å². The van der Waals surface area contributed by atoms with Gasteiger partial charge in [0.1, 0.15) is 0 Å². The Labute approximate surface area is 68.7 Å². The van der Waals surface area contributed by atoms with Crippen molar-refractivity contribution in [1.82, 2.24) is 0 Å². The summed E-state index contributed by atoms with van der Waals surface area (Å²) in [5.74, 6) is 0.576. The minimum atomic E-state index is 0.522. The molecule has 0 saturated carbocycles. The van der Waals surface area contributed by atoms with Gasteiger partial charge in [-0.15, -0.1) is 0 Å². The average Bonchev–Trinajstić information content (AvgIpc) is 2.01. The highest BCUT2D eigenvalue weighted by Gasteiger charge is 1.99. The molecular weight excluding hydrogens is 138 g/mol. The van der Waals surface area contributed by atoms with Gasteiger partial charge in [0.15, 0.2) is 0 Å². The van der Waals surface area contributed by atoms with Crippen molar-refractivity contribution >= 4 is 6.08 Å². The average molecular weight is 154 g/mol. The van der Waals surface area contributed by atoms with Gasteiger partial charge in [0.05, 0.1) is 6.54 Å². The fourth-order valence-corrected chi connectivity index (χ4v) is 0.914. The van der Waals surface area contributed by atoms with Crippen molar-refractivity contribution in [1.29, 1.82) is 0 Å². The maximum atomic E-state index is 9.69. The number of rotatable bonds is 6. The van der Waals surface area contributed by atoms with Crippen molar-refractivity contribution in [3.63, 3.8) is 0 Å². The summed E-state index contributed by atoms with van der Waals surface area (Å²) in [5, 5.41) is 0. The minimum absolute atomic E-state index is 0.522. The van der Waals surface area contributed by atoms with Crippen LogP contribution in [0, 0.1) is 12.3 Å². The quantitative estimate of drug-likeness (QED) is 0.426. The molecule has 0 spiro atoms. The summed E-state index contributed by atoms with van der Waals surface area (Å²) in [6, 6.07) is 0. The molecule has 0 aromatic heterocycles. The van der Waals surface area contributed by atoms with E-state index in [2.05, 4.69) is 25.3 Å². The topological polar surface area (TPSA) is 29.4 Å². The van der Waals surface area contributed by atoms with Crippen molar-refractivity contribution in [2.75, 3.05) is 6.54 Å². The maximum Gasteiger partial charge on any atom is 0.234 e. The Morgan fingerprint density at radius 2 is 2.36 bits per heavy atom. The SMILES string of the molecule is CCCCC(C)[CH]CN=C=O. The van der Waals surface area contributed by atoms with Gasteiger partial charge in [0, 0.05) is 0 Å². The van der Waals surface area contributed by atoms with E-state index in [4.69, 9.17) is 0 Å². The Kier molecular flexibility index (Phi) is 7.06. The van der Waals surface area contributed by atoms with Gasteiger partial charge in [-0.1, -0.05) is 33.1 Å². The van der Waals surface area contributed by atoms with Crippen molar-refractivity contribution in [3.8, 4) is 0 Å². The summed E-state index contributed by atoms with van der Waals surface area (Å²) in [7, 11) is 0. The smallest absolute Gasteiger partial charge is 0.211 e. The molecule has 0 aliphatic rings. The highest BCUT2D eigenvalue weighted by molar-refractivity contribution is 5.33. The third kappa shape index (κ3) is 7.27. The third-order valence-corrected chi connectivity index (χ3v) is 1.68. The zero-order valence-electron chi connectivity index (χ0n) is 7.34. The molecule has 0 aliphatic heterocycles. The van der Waals surface area contributed by atoms with Gasteiger partial charge in [-0.2, -0.15) is 0 Å². The van der Waals surface area contributed by atoms with E-state index in [1.54, 1.807) is 0 Å². The van der Waals surface area contributed by atoms with Crippen LogP contribution in [-0.2, 0) is 4.79 Å². The van der Waals surface area contributed by atoms with Crippen LogP contribution in [0.25, 0.3) is 0 Å². The summed E-state index contributed by atoms with van der Waals surface area (Å²) in [5.41, 5.74) is 0. The Balaban J connectivity index is 3.21. The second kappa shape index (κ2) is 7.49. The van der Waals surface area contributed by atoms with E-state index in [1.807, 2.05) is 0 Å². The highest BCUT2D eigenvalue weighted by atomic mass is 16.1.